The Morgan fingerprint density at radius 2 is 1.78 bits per heavy atom. The average Bonchev–Trinajstić information content (AvgIpc) is 3.43. The number of carbonyl (C=O) groups excluding carboxylic acids is 2. The highest BCUT2D eigenvalue weighted by Gasteiger charge is 2.39. The molecule has 2 N–H and O–H groups in total. The van der Waals surface area contributed by atoms with Gasteiger partial charge in [0.2, 0.25) is 5.91 Å². The van der Waals surface area contributed by atoms with Gasteiger partial charge in [0.05, 0.1) is 18.5 Å². The molecule has 1 saturated heterocycles. The van der Waals surface area contributed by atoms with Gasteiger partial charge in [-0.1, -0.05) is 12.8 Å². The third-order valence-corrected chi connectivity index (χ3v) is 8.06. The van der Waals surface area contributed by atoms with Gasteiger partial charge in [-0.05, 0) is 83.1 Å². The second kappa shape index (κ2) is 10.6. The highest BCUT2D eigenvalue weighted by atomic mass is 16.5. The maximum atomic E-state index is 12.9. The minimum atomic E-state index is -0.250. The number of methoxy groups -OCH3 is 1. The van der Waals surface area contributed by atoms with Crippen LogP contribution in [-0.4, -0.2) is 74.1 Å². The van der Waals surface area contributed by atoms with Crippen LogP contribution in [-0.2, 0) is 4.79 Å². The van der Waals surface area contributed by atoms with Crippen molar-refractivity contribution < 1.29 is 14.3 Å². The summed E-state index contributed by atoms with van der Waals surface area (Å²) in [5.74, 6) is 2.08. The molecule has 1 aromatic carbocycles. The Hall–Kier alpha value is -3.33. The molecule has 0 radical (unpaired) electrons. The number of amides is 2. The van der Waals surface area contributed by atoms with Crippen LogP contribution in [0.5, 0.6) is 5.75 Å². The van der Waals surface area contributed by atoms with Crippen molar-refractivity contribution in [1.82, 2.24) is 15.2 Å². The van der Waals surface area contributed by atoms with Gasteiger partial charge in [0, 0.05) is 24.7 Å². The molecule has 1 aliphatic carbocycles. The molecule has 2 fully saturated rings. The SMILES string of the molecule is COc1cc(C(=O)NC2CCN(C)CC2)ccc1Nc1ccc2c(n1)N(C1CCCC1)[C@H](C)C(=O)N2C. The molecule has 0 unspecified atom stereocenters. The Morgan fingerprint density at radius 1 is 1.05 bits per heavy atom. The van der Waals surface area contributed by atoms with Gasteiger partial charge in [-0.3, -0.25) is 9.59 Å². The van der Waals surface area contributed by atoms with Crippen LogP contribution < -0.4 is 25.2 Å². The van der Waals surface area contributed by atoms with E-state index in [1.54, 1.807) is 18.1 Å². The summed E-state index contributed by atoms with van der Waals surface area (Å²) < 4.78 is 5.64. The fraction of sp³-hybridized carbons (Fsp3) is 0.536. The molecule has 0 spiro atoms. The van der Waals surface area contributed by atoms with Gasteiger partial charge in [-0.2, -0.15) is 0 Å². The molecule has 1 saturated carbocycles. The number of likely N-dealkylation sites (tertiary alicyclic amines) is 1. The average molecular weight is 507 g/mol. The molecule has 3 aliphatic rings. The van der Waals surface area contributed by atoms with Gasteiger partial charge in [-0.25, -0.2) is 4.98 Å². The summed E-state index contributed by atoms with van der Waals surface area (Å²) >= 11 is 0. The van der Waals surface area contributed by atoms with E-state index >= 15 is 0 Å². The first-order valence-corrected chi connectivity index (χ1v) is 13.4. The van der Waals surface area contributed by atoms with Gasteiger partial charge in [0.15, 0.2) is 5.82 Å². The first-order valence-electron chi connectivity index (χ1n) is 13.4. The molecule has 2 aromatic rings. The summed E-state index contributed by atoms with van der Waals surface area (Å²) in [7, 11) is 5.52. The smallest absolute Gasteiger partial charge is 0.251 e. The van der Waals surface area contributed by atoms with E-state index in [1.807, 2.05) is 38.2 Å². The van der Waals surface area contributed by atoms with Crippen molar-refractivity contribution in [3.8, 4) is 5.75 Å². The van der Waals surface area contributed by atoms with Crippen molar-refractivity contribution in [2.75, 3.05) is 49.4 Å². The summed E-state index contributed by atoms with van der Waals surface area (Å²) in [4.78, 5) is 37.0. The van der Waals surface area contributed by atoms with E-state index < -0.39 is 0 Å². The normalized spacial score (nSPS) is 21.2. The number of nitrogens with zero attached hydrogens (tertiary/aromatic N) is 4. The lowest BCUT2D eigenvalue weighted by atomic mass is 10.0. The van der Waals surface area contributed by atoms with E-state index in [0.717, 1.165) is 56.0 Å². The standard InChI is InChI=1S/C28H38N6O3/c1-18-28(36)33(3)23-11-12-25(31-26(23)34(18)21-7-5-6-8-21)30-22-10-9-19(17-24(22)37-4)27(35)29-20-13-15-32(2)16-14-20/h9-12,17-18,20-21H,5-8,13-16H2,1-4H3,(H,29,35)(H,30,31)/t18-/m1/s1. The number of ether oxygens (including phenoxy) is 1. The number of hydrogen-bond acceptors (Lipinski definition) is 7. The summed E-state index contributed by atoms with van der Waals surface area (Å²) in [6.45, 7) is 3.96. The van der Waals surface area contributed by atoms with Crippen molar-refractivity contribution in [2.45, 2.75) is 63.6 Å². The third kappa shape index (κ3) is 5.09. The van der Waals surface area contributed by atoms with Crippen molar-refractivity contribution in [3.05, 3.63) is 35.9 Å². The van der Waals surface area contributed by atoms with Gasteiger partial charge in [0.1, 0.15) is 17.6 Å². The predicted octanol–water partition coefficient (Wildman–Crippen LogP) is 3.77. The maximum absolute atomic E-state index is 12.9. The molecular formula is C28H38N6O3. The highest BCUT2D eigenvalue weighted by Crippen LogP contribution is 2.40. The Balaban J connectivity index is 1.36. The van der Waals surface area contributed by atoms with Gasteiger partial charge in [0.25, 0.3) is 5.91 Å². The Morgan fingerprint density at radius 3 is 2.49 bits per heavy atom. The number of anilines is 4. The fourth-order valence-corrected chi connectivity index (χ4v) is 5.83. The number of piperidine rings is 1. The van der Waals surface area contributed by atoms with Crippen LogP contribution in [0.4, 0.5) is 23.0 Å². The third-order valence-electron chi connectivity index (χ3n) is 8.06. The highest BCUT2D eigenvalue weighted by molar-refractivity contribution is 6.04. The second-order valence-corrected chi connectivity index (χ2v) is 10.5. The topological polar surface area (TPSA) is 90.0 Å². The molecule has 37 heavy (non-hydrogen) atoms. The summed E-state index contributed by atoms with van der Waals surface area (Å²) in [6, 6.07) is 9.54. The zero-order chi connectivity index (χ0) is 26.1. The number of rotatable bonds is 6. The van der Waals surface area contributed by atoms with E-state index in [2.05, 4.69) is 27.5 Å². The lowest BCUT2D eigenvalue weighted by molar-refractivity contribution is -0.119. The number of likely N-dealkylation sites (N-methyl/N-ethyl adjacent to an activating group) is 1. The molecule has 198 valence electrons. The lowest BCUT2D eigenvalue weighted by Crippen LogP contribution is -2.54. The molecule has 2 amide bonds. The molecule has 0 bridgehead atoms. The minimum absolute atomic E-state index is 0.0831. The van der Waals surface area contributed by atoms with Crippen LogP contribution in [0.25, 0.3) is 0 Å². The Kier molecular flexibility index (Phi) is 7.24. The Bertz CT molecular complexity index is 1160. The number of pyridine rings is 1. The molecule has 5 rings (SSSR count). The van der Waals surface area contributed by atoms with Crippen molar-refractivity contribution in [3.63, 3.8) is 0 Å². The number of benzene rings is 1. The van der Waals surface area contributed by atoms with Gasteiger partial charge < -0.3 is 30.1 Å². The van der Waals surface area contributed by atoms with E-state index in [1.165, 1.54) is 12.8 Å². The van der Waals surface area contributed by atoms with Crippen LogP contribution in [0, 0.1) is 0 Å². The zero-order valence-electron chi connectivity index (χ0n) is 22.3. The maximum Gasteiger partial charge on any atom is 0.251 e. The second-order valence-electron chi connectivity index (χ2n) is 10.5. The first-order chi connectivity index (χ1) is 17.9. The summed E-state index contributed by atoms with van der Waals surface area (Å²) in [6.07, 6.45) is 6.44. The van der Waals surface area contributed by atoms with Crippen LogP contribution in [0.3, 0.4) is 0 Å². The lowest BCUT2D eigenvalue weighted by Gasteiger charge is -2.42. The van der Waals surface area contributed by atoms with Crippen molar-refractivity contribution in [1.29, 1.82) is 0 Å². The molecule has 1 atom stereocenters. The Labute approximate surface area is 219 Å². The van der Waals surface area contributed by atoms with Gasteiger partial charge in [-0.15, -0.1) is 0 Å². The first kappa shape index (κ1) is 25.3. The van der Waals surface area contributed by atoms with Crippen LogP contribution in [0.15, 0.2) is 30.3 Å². The number of carbonyl (C=O) groups is 2. The monoisotopic (exact) mass is 506 g/mol. The predicted molar refractivity (Wildman–Crippen MR) is 146 cm³/mol. The van der Waals surface area contributed by atoms with Crippen LogP contribution in [0.2, 0.25) is 0 Å². The molecular weight excluding hydrogens is 468 g/mol. The molecule has 3 heterocycles. The summed E-state index contributed by atoms with van der Waals surface area (Å²) in [5.41, 5.74) is 2.13. The van der Waals surface area contributed by atoms with E-state index in [4.69, 9.17) is 9.72 Å². The molecule has 1 aromatic heterocycles. The van der Waals surface area contributed by atoms with Crippen LogP contribution in [0.1, 0.15) is 55.8 Å². The van der Waals surface area contributed by atoms with E-state index in [0.29, 0.717) is 23.2 Å². The number of fused-ring (bicyclic) bond motifs is 1. The minimum Gasteiger partial charge on any atom is -0.495 e. The number of aromatic nitrogens is 1. The van der Waals surface area contributed by atoms with E-state index in [-0.39, 0.29) is 23.9 Å². The number of hydrogen-bond donors (Lipinski definition) is 2. The van der Waals surface area contributed by atoms with Gasteiger partial charge >= 0.3 is 0 Å². The largest absolute Gasteiger partial charge is 0.495 e. The quantitative estimate of drug-likeness (QED) is 0.616. The zero-order valence-corrected chi connectivity index (χ0v) is 22.3. The van der Waals surface area contributed by atoms with Crippen molar-refractivity contribution >= 4 is 34.8 Å². The summed E-state index contributed by atoms with van der Waals surface area (Å²) in [5, 5.41) is 6.54. The number of nitrogens with one attached hydrogen (secondary N) is 2. The molecule has 2 aliphatic heterocycles. The van der Waals surface area contributed by atoms with Crippen molar-refractivity contribution in [2.24, 2.45) is 0 Å². The molecule has 9 nitrogen and oxygen atoms in total. The molecule has 9 heteroatoms. The fourth-order valence-electron chi connectivity index (χ4n) is 5.83. The van der Waals surface area contributed by atoms with E-state index in [9.17, 15) is 9.59 Å². The van der Waals surface area contributed by atoms with Crippen LogP contribution >= 0.6 is 0 Å².